The minimum Gasteiger partial charge on any atom is -0.366 e. The molecule has 2 heterocycles. The van der Waals surface area contributed by atoms with Crippen molar-refractivity contribution >= 4 is 29.6 Å². The van der Waals surface area contributed by atoms with Gasteiger partial charge in [0.2, 0.25) is 5.95 Å². The van der Waals surface area contributed by atoms with E-state index in [2.05, 4.69) is 50.4 Å². The van der Waals surface area contributed by atoms with Crippen molar-refractivity contribution in [3.63, 3.8) is 0 Å². The first kappa shape index (κ1) is 22.1. The maximum atomic E-state index is 9.79. The van der Waals surface area contributed by atoms with Gasteiger partial charge in [-0.25, -0.2) is 15.0 Å². The van der Waals surface area contributed by atoms with E-state index in [1.807, 2.05) is 35.6 Å². The molecule has 0 saturated heterocycles. The molecule has 0 bridgehead atoms. The highest BCUT2D eigenvalue weighted by Gasteiger charge is 2.19. The van der Waals surface area contributed by atoms with E-state index in [9.17, 15) is 5.26 Å². The lowest BCUT2D eigenvalue weighted by Crippen LogP contribution is -2.20. The highest BCUT2D eigenvalue weighted by molar-refractivity contribution is 8.06. The van der Waals surface area contributed by atoms with Gasteiger partial charge in [-0.15, -0.1) is 0 Å². The predicted octanol–water partition coefficient (Wildman–Crippen LogP) is 4.19. The molecule has 2 aliphatic rings. The maximum absolute atomic E-state index is 9.79. The molecule has 1 aliphatic carbocycles. The molecule has 0 spiro atoms. The third-order valence-corrected chi connectivity index (χ3v) is 5.37. The topological polar surface area (TPSA) is 89.2 Å². The summed E-state index contributed by atoms with van der Waals surface area (Å²) >= 11 is 1.50. The molecular formula is C23H25N7S. The van der Waals surface area contributed by atoms with Crippen molar-refractivity contribution in [2.75, 3.05) is 25.5 Å². The Hall–Kier alpha value is -3.57. The molecule has 0 fully saturated rings. The van der Waals surface area contributed by atoms with E-state index in [0.717, 1.165) is 30.1 Å². The molecule has 0 unspecified atom stereocenters. The van der Waals surface area contributed by atoms with Crippen molar-refractivity contribution < 1.29 is 0 Å². The second-order valence-electron chi connectivity index (χ2n) is 6.77. The molecule has 0 atom stereocenters. The van der Waals surface area contributed by atoms with Gasteiger partial charge in [0.1, 0.15) is 11.6 Å². The lowest BCUT2D eigenvalue weighted by atomic mass is 10.1. The van der Waals surface area contributed by atoms with Gasteiger partial charge in [0.25, 0.3) is 0 Å². The van der Waals surface area contributed by atoms with Crippen molar-refractivity contribution in [3.05, 3.63) is 82.8 Å². The SMILES string of the molecule is C=CN=CN(C)CCCNc1nccc(/C(C#N)=C2/NC(C3=CC=CC=CC3)=CS2)n1. The van der Waals surface area contributed by atoms with Crippen molar-refractivity contribution in [2.45, 2.75) is 12.8 Å². The van der Waals surface area contributed by atoms with Crippen LogP contribution in [0.5, 0.6) is 0 Å². The van der Waals surface area contributed by atoms with Crippen molar-refractivity contribution in [1.29, 1.82) is 5.26 Å². The largest absolute Gasteiger partial charge is 0.366 e. The van der Waals surface area contributed by atoms with Gasteiger partial charge in [-0.1, -0.05) is 48.7 Å². The summed E-state index contributed by atoms with van der Waals surface area (Å²) in [6.07, 6.45) is 16.9. The molecule has 0 amide bonds. The third kappa shape index (κ3) is 6.46. The fourth-order valence-corrected chi connectivity index (χ4v) is 3.79. The van der Waals surface area contributed by atoms with E-state index >= 15 is 0 Å². The number of hydrogen-bond acceptors (Lipinski definition) is 7. The van der Waals surface area contributed by atoms with Crippen LogP contribution in [0.2, 0.25) is 0 Å². The first-order valence-corrected chi connectivity index (χ1v) is 10.8. The van der Waals surface area contributed by atoms with Crippen LogP contribution in [0.4, 0.5) is 5.95 Å². The van der Waals surface area contributed by atoms with E-state index < -0.39 is 0 Å². The van der Waals surface area contributed by atoms with Gasteiger partial charge >= 0.3 is 0 Å². The molecule has 0 radical (unpaired) electrons. The van der Waals surface area contributed by atoms with E-state index in [1.54, 1.807) is 18.6 Å². The van der Waals surface area contributed by atoms with E-state index in [-0.39, 0.29) is 0 Å². The van der Waals surface area contributed by atoms with Gasteiger partial charge < -0.3 is 15.5 Å². The Bertz CT molecular complexity index is 1020. The zero-order chi connectivity index (χ0) is 21.9. The second kappa shape index (κ2) is 11.6. The average Bonchev–Trinajstić information content (AvgIpc) is 3.10. The summed E-state index contributed by atoms with van der Waals surface area (Å²) in [4.78, 5) is 14.8. The first-order chi connectivity index (χ1) is 15.2. The Kier molecular flexibility index (Phi) is 8.26. The Morgan fingerprint density at radius 2 is 2.35 bits per heavy atom. The number of rotatable bonds is 9. The quantitative estimate of drug-likeness (QED) is 0.262. The molecule has 158 valence electrons. The maximum Gasteiger partial charge on any atom is 0.223 e. The highest BCUT2D eigenvalue weighted by atomic mass is 32.2. The molecule has 8 heteroatoms. The number of anilines is 1. The monoisotopic (exact) mass is 431 g/mol. The van der Waals surface area contributed by atoms with Crippen molar-refractivity contribution in [1.82, 2.24) is 20.2 Å². The molecule has 2 N–H and O–H groups in total. The normalized spacial score (nSPS) is 16.8. The summed E-state index contributed by atoms with van der Waals surface area (Å²) in [6, 6.07) is 4.05. The molecule has 3 rings (SSSR count). The smallest absolute Gasteiger partial charge is 0.223 e. The van der Waals surface area contributed by atoms with Crippen LogP contribution in [0.25, 0.3) is 5.57 Å². The van der Waals surface area contributed by atoms with E-state index in [0.29, 0.717) is 23.8 Å². The van der Waals surface area contributed by atoms with Gasteiger partial charge in [0.15, 0.2) is 0 Å². The number of nitrogens with zero attached hydrogens (tertiary/aromatic N) is 5. The molecule has 1 aromatic heterocycles. The lowest BCUT2D eigenvalue weighted by molar-refractivity contribution is 0.509. The van der Waals surface area contributed by atoms with Crippen molar-refractivity contribution in [2.24, 2.45) is 4.99 Å². The summed E-state index contributed by atoms with van der Waals surface area (Å²) in [7, 11) is 1.96. The zero-order valence-corrected chi connectivity index (χ0v) is 18.3. The van der Waals surface area contributed by atoms with Gasteiger partial charge in [0.05, 0.1) is 17.1 Å². The van der Waals surface area contributed by atoms with Crippen LogP contribution in [0, 0.1) is 11.3 Å². The number of aliphatic imine (C=N–C) groups is 1. The molecule has 7 nitrogen and oxygen atoms in total. The summed E-state index contributed by atoms with van der Waals surface area (Å²) in [5.41, 5.74) is 3.29. The standard InChI is InChI=1S/C23H25N7S/c1-3-25-17-30(2)14-8-12-26-23-27-13-11-20(29-23)19(15-24)22-28-21(16-31-22)18-9-6-4-5-7-10-18/h3-7,9,11,13,16-17,28H,1,8,10,12,14H2,2H3,(H,26,27,29)/b22-19-,25-17?. The van der Waals surface area contributed by atoms with Gasteiger partial charge in [-0.3, -0.25) is 0 Å². The lowest BCUT2D eigenvalue weighted by Gasteiger charge is -2.13. The molecule has 0 saturated carbocycles. The number of allylic oxidation sites excluding steroid dienone is 7. The first-order valence-electron chi connectivity index (χ1n) is 9.94. The fraction of sp³-hybridized carbons (Fsp3) is 0.217. The Balaban J connectivity index is 1.63. The number of nitrogens with one attached hydrogen (secondary N) is 2. The number of hydrogen-bond donors (Lipinski definition) is 2. The van der Waals surface area contributed by atoms with Gasteiger partial charge in [0, 0.05) is 43.6 Å². The minimum atomic E-state index is 0.502. The van der Waals surface area contributed by atoms with Crippen LogP contribution in [0.15, 0.2) is 82.1 Å². The summed E-state index contributed by atoms with van der Waals surface area (Å²) in [5, 5.41) is 19.2. The van der Waals surface area contributed by atoms with Crippen LogP contribution < -0.4 is 10.6 Å². The number of nitriles is 1. The second-order valence-corrected chi connectivity index (χ2v) is 7.65. The molecule has 1 aromatic rings. The van der Waals surface area contributed by atoms with Crippen LogP contribution in [0.3, 0.4) is 0 Å². The third-order valence-electron chi connectivity index (χ3n) is 4.47. The van der Waals surface area contributed by atoms with E-state index in [4.69, 9.17) is 0 Å². The van der Waals surface area contributed by atoms with Gasteiger partial charge in [-0.05, 0) is 24.5 Å². The molecular weight excluding hydrogens is 406 g/mol. The summed E-state index contributed by atoms with van der Waals surface area (Å²) < 4.78 is 0. The Labute approximate surface area is 187 Å². The Morgan fingerprint density at radius 3 is 3.19 bits per heavy atom. The van der Waals surface area contributed by atoms with Crippen LogP contribution in [-0.4, -0.2) is 41.3 Å². The van der Waals surface area contributed by atoms with Crippen LogP contribution in [-0.2, 0) is 0 Å². The zero-order valence-electron chi connectivity index (χ0n) is 17.5. The summed E-state index contributed by atoms with van der Waals surface area (Å²) in [5.74, 6) is 0.506. The number of aromatic nitrogens is 2. The molecule has 1 aliphatic heterocycles. The van der Waals surface area contributed by atoms with Gasteiger partial charge in [-0.2, -0.15) is 5.26 Å². The predicted molar refractivity (Wildman–Crippen MR) is 129 cm³/mol. The molecule has 31 heavy (non-hydrogen) atoms. The fourth-order valence-electron chi connectivity index (χ4n) is 2.91. The van der Waals surface area contributed by atoms with E-state index in [1.165, 1.54) is 23.5 Å². The average molecular weight is 432 g/mol. The Morgan fingerprint density at radius 1 is 1.45 bits per heavy atom. The number of thioether (sulfide) groups is 1. The molecule has 0 aromatic carbocycles. The van der Waals surface area contributed by atoms with Crippen LogP contribution >= 0.6 is 11.8 Å². The van der Waals surface area contributed by atoms with Crippen molar-refractivity contribution in [3.8, 4) is 6.07 Å². The highest BCUT2D eigenvalue weighted by Crippen LogP contribution is 2.34. The summed E-state index contributed by atoms with van der Waals surface area (Å²) in [6.45, 7) is 5.11. The van der Waals surface area contributed by atoms with Crippen LogP contribution in [0.1, 0.15) is 18.5 Å². The minimum absolute atomic E-state index is 0.502.